The van der Waals surface area contributed by atoms with Crippen molar-refractivity contribution in [2.45, 2.75) is 6.92 Å². The summed E-state index contributed by atoms with van der Waals surface area (Å²) in [5.41, 5.74) is 1.72. The molecular formula is C11H8BrFN2O2. The SMILES string of the molecule is Cc1ccc(F)c(Br)c1-c1cc(C(=O)O)[nH]n1. The average Bonchev–Trinajstić information content (AvgIpc) is 2.73. The van der Waals surface area contributed by atoms with Crippen LogP contribution >= 0.6 is 15.9 Å². The summed E-state index contributed by atoms with van der Waals surface area (Å²) in [6.45, 7) is 1.80. The van der Waals surface area contributed by atoms with E-state index in [1.807, 2.05) is 0 Å². The van der Waals surface area contributed by atoms with Gasteiger partial charge in [0.2, 0.25) is 0 Å². The van der Waals surface area contributed by atoms with Gasteiger partial charge < -0.3 is 5.11 Å². The fourth-order valence-electron chi connectivity index (χ4n) is 1.52. The van der Waals surface area contributed by atoms with E-state index in [9.17, 15) is 9.18 Å². The van der Waals surface area contributed by atoms with Crippen LogP contribution in [0.15, 0.2) is 22.7 Å². The Morgan fingerprint density at radius 2 is 2.24 bits per heavy atom. The summed E-state index contributed by atoms with van der Waals surface area (Å²) in [6, 6.07) is 4.33. The zero-order valence-corrected chi connectivity index (χ0v) is 10.4. The molecule has 0 radical (unpaired) electrons. The molecule has 0 unspecified atom stereocenters. The maximum absolute atomic E-state index is 13.4. The normalized spacial score (nSPS) is 10.5. The highest BCUT2D eigenvalue weighted by molar-refractivity contribution is 9.10. The zero-order valence-electron chi connectivity index (χ0n) is 8.79. The fraction of sp³-hybridized carbons (Fsp3) is 0.0909. The van der Waals surface area contributed by atoms with Crippen molar-refractivity contribution >= 4 is 21.9 Å². The standard InChI is InChI=1S/C11H8BrFN2O2/c1-5-2-3-6(13)10(12)9(5)7-4-8(11(16)17)15-14-7/h2-4H,1H3,(H,14,15)(H,16,17). The summed E-state index contributed by atoms with van der Waals surface area (Å²) in [4.78, 5) is 10.7. The van der Waals surface area contributed by atoms with Crippen molar-refractivity contribution in [1.29, 1.82) is 0 Å². The van der Waals surface area contributed by atoms with Crippen LogP contribution in [0.5, 0.6) is 0 Å². The van der Waals surface area contributed by atoms with E-state index in [2.05, 4.69) is 26.1 Å². The fourth-order valence-corrected chi connectivity index (χ4v) is 2.17. The Hall–Kier alpha value is -1.69. The molecule has 2 N–H and O–H groups in total. The Morgan fingerprint density at radius 1 is 1.53 bits per heavy atom. The third-order valence-electron chi connectivity index (χ3n) is 2.37. The lowest BCUT2D eigenvalue weighted by Gasteiger charge is -2.05. The van der Waals surface area contributed by atoms with Crippen molar-refractivity contribution in [1.82, 2.24) is 10.2 Å². The minimum Gasteiger partial charge on any atom is -0.477 e. The van der Waals surface area contributed by atoms with Crippen LogP contribution in [0.2, 0.25) is 0 Å². The second kappa shape index (κ2) is 4.29. The van der Waals surface area contributed by atoms with Crippen molar-refractivity contribution < 1.29 is 14.3 Å². The summed E-state index contributed by atoms with van der Waals surface area (Å²) in [5.74, 6) is -1.51. The number of aromatic nitrogens is 2. The molecular weight excluding hydrogens is 291 g/mol. The Balaban J connectivity index is 2.60. The predicted octanol–water partition coefficient (Wildman–Crippen LogP) is 2.98. The van der Waals surface area contributed by atoms with Crippen LogP contribution in [0.25, 0.3) is 11.3 Å². The first-order valence-electron chi connectivity index (χ1n) is 4.74. The van der Waals surface area contributed by atoms with Crippen molar-refractivity contribution in [2.24, 2.45) is 0 Å². The summed E-state index contributed by atoms with van der Waals surface area (Å²) >= 11 is 3.14. The summed E-state index contributed by atoms with van der Waals surface area (Å²) in [6.07, 6.45) is 0. The molecule has 0 amide bonds. The number of nitrogens with zero attached hydrogens (tertiary/aromatic N) is 1. The third kappa shape index (κ3) is 2.08. The average molecular weight is 299 g/mol. The Bertz CT molecular complexity index is 595. The van der Waals surface area contributed by atoms with Gasteiger partial charge in [-0.15, -0.1) is 0 Å². The van der Waals surface area contributed by atoms with E-state index in [1.54, 1.807) is 13.0 Å². The van der Waals surface area contributed by atoms with Crippen molar-refractivity contribution in [3.63, 3.8) is 0 Å². The van der Waals surface area contributed by atoms with Crippen molar-refractivity contribution in [3.8, 4) is 11.3 Å². The topological polar surface area (TPSA) is 66.0 Å². The van der Waals surface area contributed by atoms with Crippen molar-refractivity contribution in [3.05, 3.63) is 39.7 Å². The molecule has 0 spiro atoms. The molecule has 0 aliphatic carbocycles. The van der Waals surface area contributed by atoms with Gasteiger partial charge in [-0.3, -0.25) is 5.10 Å². The first kappa shape index (κ1) is 11.8. The molecule has 88 valence electrons. The molecule has 0 aliphatic rings. The van der Waals surface area contributed by atoms with Gasteiger partial charge in [-0.2, -0.15) is 5.10 Å². The molecule has 2 rings (SSSR count). The monoisotopic (exact) mass is 298 g/mol. The van der Waals surface area contributed by atoms with Crippen LogP contribution in [-0.4, -0.2) is 21.3 Å². The van der Waals surface area contributed by atoms with Crippen LogP contribution in [0.1, 0.15) is 16.1 Å². The molecule has 0 bridgehead atoms. The molecule has 4 nitrogen and oxygen atoms in total. The molecule has 0 aliphatic heterocycles. The van der Waals surface area contributed by atoms with E-state index in [0.29, 0.717) is 11.3 Å². The lowest BCUT2D eigenvalue weighted by molar-refractivity contribution is 0.0690. The largest absolute Gasteiger partial charge is 0.477 e. The Kier molecular flexibility index (Phi) is 2.97. The quantitative estimate of drug-likeness (QED) is 0.896. The number of aromatic amines is 1. The van der Waals surface area contributed by atoms with Gasteiger partial charge in [0.25, 0.3) is 0 Å². The first-order chi connectivity index (χ1) is 8.00. The van der Waals surface area contributed by atoms with E-state index >= 15 is 0 Å². The second-order valence-electron chi connectivity index (χ2n) is 3.53. The maximum Gasteiger partial charge on any atom is 0.353 e. The molecule has 1 aromatic heterocycles. The van der Waals surface area contributed by atoms with E-state index in [1.165, 1.54) is 12.1 Å². The van der Waals surface area contributed by atoms with Crippen LogP contribution in [0.4, 0.5) is 4.39 Å². The maximum atomic E-state index is 13.4. The molecule has 1 heterocycles. The number of hydrogen-bond acceptors (Lipinski definition) is 2. The van der Waals surface area contributed by atoms with Gasteiger partial charge in [0.05, 0.1) is 10.2 Å². The number of aromatic carboxylic acids is 1. The Labute approximate surface area is 105 Å². The lowest BCUT2D eigenvalue weighted by atomic mass is 10.1. The van der Waals surface area contributed by atoms with Crippen LogP contribution in [0, 0.1) is 12.7 Å². The van der Waals surface area contributed by atoms with Gasteiger partial charge in [0, 0.05) is 5.56 Å². The molecule has 6 heteroatoms. The molecule has 1 aromatic carbocycles. The van der Waals surface area contributed by atoms with E-state index in [4.69, 9.17) is 5.11 Å². The molecule has 0 atom stereocenters. The molecule has 17 heavy (non-hydrogen) atoms. The number of carbonyl (C=O) groups is 1. The van der Waals surface area contributed by atoms with Gasteiger partial charge >= 0.3 is 5.97 Å². The predicted molar refractivity (Wildman–Crippen MR) is 63.4 cm³/mol. The van der Waals surface area contributed by atoms with Crippen LogP contribution in [0.3, 0.4) is 0 Å². The second-order valence-corrected chi connectivity index (χ2v) is 4.32. The molecule has 2 aromatic rings. The van der Waals surface area contributed by atoms with E-state index < -0.39 is 11.8 Å². The number of aryl methyl sites for hydroxylation is 1. The van der Waals surface area contributed by atoms with Crippen molar-refractivity contribution in [2.75, 3.05) is 0 Å². The number of carboxylic acid groups (broad SMARTS) is 1. The first-order valence-corrected chi connectivity index (χ1v) is 5.53. The summed E-state index contributed by atoms with van der Waals surface area (Å²) in [5, 5.41) is 15.0. The number of H-pyrrole nitrogens is 1. The molecule has 0 fully saturated rings. The zero-order chi connectivity index (χ0) is 12.6. The minimum absolute atomic E-state index is 0.0319. The van der Waals surface area contributed by atoms with Gasteiger partial charge in [-0.05, 0) is 40.5 Å². The Morgan fingerprint density at radius 3 is 2.82 bits per heavy atom. The molecule has 0 saturated heterocycles. The highest BCUT2D eigenvalue weighted by Crippen LogP contribution is 2.32. The number of rotatable bonds is 2. The smallest absolute Gasteiger partial charge is 0.353 e. The lowest BCUT2D eigenvalue weighted by Crippen LogP contribution is -1.95. The molecule has 0 saturated carbocycles. The number of halogens is 2. The number of carboxylic acids is 1. The summed E-state index contributed by atoms with van der Waals surface area (Å²) < 4.78 is 13.7. The van der Waals surface area contributed by atoms with E-state index in [-0.39, 0.29) is 10.2 Å². The van der Waals surface area contributed by atoms with Gasteiger partial charge in [-0.25, -0.2) is 9.18 Å². The number of hydrogen-bond donors (Lipinski definition) is 2. The minimum atomic E-state index is -1.10. The van der Waals surface area contributed by atoms with Gasteiger partial charge in [0.15, 0.2) is 0 Å². The van der Waals surface area contributed by atoms with E-state index in [0.717, 1.165) is 5.56 Å². The van der Waals surface area contributed by atoms with Crippen LogP contribution in [-0.2, 0) is 0 Å². The third-order valence-corrected chi connectivity index (χ3v) is 3.14. The van der Waals surface area contributed by atoms with Gasteiger partial charge in [-0.1, -0.05) is 6.07 Å². The highest BCUT2D eigenvalue weighted by atomic mass is 79.9. The van der Waals surface area contributed by atoms with Crippen LogP contribution < -0.4 is 0 Å². The number of benzene rings is 1. The highest BCUT2D eigenvalue weighted by Gasteiger charge is 2.15. The summed E-state index contributed by atoms with van der Waals surface area (Å²) in [7, 11) is 0. The number of nitrogens with one attached hydrogen (secondary N) is 1. The van der Waals surface area contributed by atoms with Gasteiger partial charge in [0.1, 0.15) is 11.5 Å².